The number of benzene rings is 2. The number of nitrogens with zero attached hydrogens (tertiary/aromatic N) is 3. The number of para-hydroxylation sites is 2. The summed E-state index contributed by atoms with van der Waals surface area (Å²) in [6.45, 7) is 4.45. The molecule has 0 radical (unpaired) electrons. The normalized spacial score (nSPS) is 19.1. The molecule has 27 heavy (non-hydrogen) atoms. The molecule has 3 nitrogen and oxygen atoms in total. The number of imidazole rings is 1. The average Bonchev–Trinajstić information content (AvgIpc) is 3.20. The Morgan fingerprint density at radius 2 is 1.70 bits per heavy atom. The van der Waals surface area contributed by atoms with Crippen molar-refractivity contribution in [2.24, 2.45) is 0 Å². The molecule has 2 heterocycles. The van der Waals surface area contributed by atoms with E-state index in [0.29, 0.717) is 0 Å². The van der Waals surface area contributed by atoms with Crippen LogP contribution >= 0.6 is 0 Å². The van der Waals surface area contributed by atoms with Crippen molar-refractivity contribution in [1.29, 1.82) is 0 Å². The molecule has 2 aromatic carbocycles. The lowest BCUT2D eigenvalue weighted by Gasteiger charge is -2.32. The molecule has 1 saturated carbocycles. The van der Waals surface area contributed by atoms with E-state index in [9.17, 15) is 0 Å². The molecule has 1 aliphatic heterocycles. The van der Waals surface area contributed by atoms with Crippen LogP contribution in [0.25, 0.3) is 16.7 Å². The van der Waals surface area contributed by atoms with Crippen molar-refractivity contribution in [3.05, 3.63) is 66.2 Å². The van der Waals surface area contributed by atoms with Gasteiger partial charge in [-0.05, 0) is 57.7 Å². The van der Waals surface area contributed by atoms with Crippen molar-refractivity contribution >= 4 is 28.4 Å². The predicted octanol–water partition coefficient (Wildman–Crippen LogP) is 5.88. The Kier molecular flexibility index (Phi) is 3.78. The zero-order valence-electron chi connectivity index (χ0n) is 16.2. The van der Waals surface area contributed by atoms with Crippen LogP contribution in [0.4, 0.5) is 5.95 Å². The van der Waals surface area contributed by atoms with Crippen molar-refractivity contribution in [2.75, 3.05) is 0 Å². The molecule has 0 bridgehead atoms. The molecule has 0 saturated heterocycles. The molecule has 1 spiro atoms. The topological polar surface area (TPSA) is 20.8 Å². The molecule has 0 N–H and O–H groups in total. The summed E-state index contributed by atoms with van der Waals surface area (Å²) in [7, 11) is 0. The summed E-state index contributed by atoms with van der Waals surface area (Å²) in [5, 5.41) is 0. The number of fused-ring (bicyclic) bond motifs is 4. The van der Waals surface area contributed by atoms with Crippen LogP contribution in [0.15, 0.2) is 60.7 Å². The van der Waals surface area contributed by atoms with Crippen LogP contribution in [0.1, 0.15) is 51.5 Å². The standard InChI is InChI=1S/C24H26N3/c1-3-21(19-12-6-4-7-13-19)26-18(2)24(16-10-5-11-17-24)27-22-15-9-8-14-20(22)25-23(26)27/h3-4,6-9,12-15H,5,10-11,16-17H2,1-2H3/q+1. The average molecular weight is 356 g/mol. The molecule has 0 unspecified atom stereocenters. The fourth-order valence-corrected chi connectivity index (χ4v) is 5.15. The van der Waals surface area contributed by atoms with Crippen molar-refractivity contribution in [3.8, 4) is 0 Å². The maximum atomic E-state index is 5.10. The van der Waals surface area contributed by atoms with Gasteiger partial charge in [-0.15, -0.1) is 0 Å². The van der Waals surface area contributed by atoms with E-state index < -0.39 is 0 Å². The van der Waals surface area contributed by atoms with Gasteiger partial charge in [0.25, 0.3) is 0 Å². The van der Waals surface area contributed by atoms with Gasteiger partial charge in [0.2, 0.25) is 0 Å². The van der Waals surface area contributed by atoms with Gasteiger partial charge in [0, 0.05) is 5.56 Å². The van der Waals surface area contributed by atoms with Gasteiger partial charge < -0.3 is 0 Å². The van der Waals surface area contributed by atoms with Crippen molar-refractivity contribution < 1.29 is 4.58 Å². The third-order valence-electron chi connectivity index (χ3n) is 6.44. The van der Waals surface area contributed by atoms with Crippen LogP contribution in [-0.2, 0) is 5.54 Å². The Morgan fingerprint density at radius 1 is 1.00 bits per heavy atom. The quantitative estimate of drug-likeness (QED) is 0.526. The van der Waals surface area contributed by atoms with E-state index in [1.807, 2.05) is 0 Å². The number of aromatic nitrogens is 2. The first-order valence-electron chi connectivity index (χ1n) is 10.1. The zero-order valence-corrected chi connectivity index (χ0v) is 16.2. The highest BCUT2D eigenvalue weighted by molar-refractivity contribution is 5.94. The lowest BCUT2D eigenvalue weighted by atomic mass is 9.78. The molecule has 3 heteroatoms. The van der Waals surface area contributed by atoms with Gasteiger partial charge in [-0.1, -0.05) is 53.9 Å². The minimum absolute atomic E-state index is 0.0622. The second kappa shape index (κ2) is 6.19. The van der Waals surface area contributed by atoms with E-state index in [4.69, 9.17) is 4.98 Å². The van der Waals surface area contributed by atoms with E-state index in [2.05, 4.69) is 83.7 Å². The Labute approximate surface area is 160 Å². The van der Waals surface area contributed by atoms with E-state index in [0.717, 1.165) is 11.5 Å². The molecule has 3 aromatic rings. The van der Waals surface area contributed by atoms with Crippen LogP contribution < -0.4 is 0 Å². The molecule has 5 rings (SSSR count). The highest BCUT2D eigenvalue weighted by Gasteiger charge is 2.52. The van der Waals surface area contributed by atoms with Crippen LogP contribution in [0.5, 0.6) is 0 Å². The van der Waals surface area contributed by atoms with Gasteiger partial charge in [-0.2, -0.15) is 4.58 Å². The summed E-state index contributed by atoms with van der Waals surface area (Å²) in [6.07, 6.45) is 8.54. The van der Waals surface area contributed by atoms with E-state index in [1.165, 1.54) is 54.6 Å². The molecular weight excluding hydrogens is 330 g/mol. The molecule has 1 fully saturated rings. The summed E-state index contributed by atoms with van der Waals surface area (Å²) < 4.78 is 4.96. The van der Waals surface area contributed by atoms with Crippen molar-refractivity contribution in [2.45, 2.75) is 51.5 Å². The first-order chi connectivity index (χ1) is 13.3. The van der Waals surface area contributed by atoms with Gasteiger partial charge in [0.05, 0.1) is 5.71 Å². The second-order valence-electron chi connectivity index (χ2n) is 7.79. The minimum Gasteiger partial charge on any atom is -0.212 e. The lowest BCUT2D eigenvalue weighted by Crippen LogP contribution is -2.40. The van der Waals surface area contributed by atoms with Crippen LogP contribution in [0, 0.1) is 0 Å². The van der Waals surface area contributed by atoms with Crippen molar-refractivity contribution in [3.63, 3.8) is 0 Å². The summed E-state index contributed by atoms with van der Waals surface area (Å²) in [5.74, 6) is 1.08. The largest absolute Gasteiger partial charge is 0.405 e. The van der Waals surface area contributed by atoms with Gasteiger partial charge in [0.15, 0.2) is 5.52 Å². The van der Waals surface area contributed by atoms with Gasteiger partial charge in [-0.25, -0.2) is 4.57 Å². The molecule has 136 valence electrons. The zero-order chi connectivity index (χ0) is 18.4. The molecular formula is C24H26N3+. The Balaban J connectivity index is 1.81. The minimum atomic E-state index is 0.0622. The maximum Gasteiger partial charge on any atom is 0.405 e. The SMILES string of the molecule is CC=C(c1ccccc1)[N+]1=C(C)C2(CCCCC2)n2c1nc1ccccc12. The third kappa shape index (κ3) is 2.27. The highest BCUT2D eigenvalue weighted by atomic mass is 15.4. The molecule has 1 aliphatic carbocycles. The summed E-state index contributed by atoms with van der Waals surface area (Å²) in [6, 6.07) is 19.3. The smallest absolute Gasteiger partial charge is 0.212 e. The van der Waals surface area contributed by atoms with Gasteiger partial charge in [0.1, 0.15) is 16.8 Å². The second-order valence-corrected chi connectivity index (χ2v) is 7.79. The first-order valence-corrected chi connectivity index (χ1v) is 10.1. The van der Waals surface area contributed by atoms with Gasteiger partial charge in [-0.3, -0.25) is 0 Å². The summed E-state index contributed by atoms with van der Waals surface area (Å²) >= 11 is 0. The summed E-state index contributed by atoms with van der Waals surface area (Å²) in [4.78, 5) is 5.10. The molecule has 1 aromatic heterocycles. The molecule has 2 aliphatic rings. The Morgan fingerprint density at radius 3 is 2.44 bits per heavy atom. The van der Waals surface area contributed by atoms with Crippen LogP contribution in [-0.4, -0.2) is 19.8 Å². The third-order valence-corrected chi connectivity index (χ3v) is 6.44. The number of hydrogen-bond acceptors (Lipinski definition) is 1. The Hall–Kier alpha value is -2.68. The fourth-order valence-electron chi connectivity index (χ4n) is 5.15. The number of rotatable bonds is 2. The monoisotopic (exact) mass is 356 g/mol. The van der Waals surface area contributed by atoms with Crippen LogP contribution in [0.2, 0.25) is 0 Å². The highest BCUT2D eigenvalue weighted by Crippen LogP contribution is 2.47. The van der Waals surface area contributed by atoms with E-state index in [1.54, 1.807) is 0 Å². The van der Waals surface area contributed by atoms with Crippen molar-refractivity contribution in [1.82, 2.24) is 9.55 Å². The first kappa shape index (κ1) is 16.5. The summed E-state index contributed by atoms with van der Waals surface area (Å²) in [5.41, 5.74) is 6.32. The van der Waals surface area contributed by atoms with E-state index in [-0.39, 0.29) is 5.54 Å². The lowest BCUT2D eigenvalue weighted by molar-refractivity contribution is -0.338. The number of allylic oxidation sites excluding steroid dienone is 1. The van der Waals surface area contributed by atoms with Crippen LogP contribution in [0.3, 0.4) is 0 Å². The Bertz CT molecular complexity index is 1060. The molecule has 0 atom stereocenters. The predicted molar refractivity (Wildman–Crippen MR) is 111 cm³/mol. The fraction of sp³-hybridized carbons (Fsp3) is 0.333. The number of hydrogen-bond donors (Lipinski definition) is 0. The maximum absolute atomic E-state index is 5.10. The van der Waals surface area contributed by atoms with E-state index >= 15 is 0 Å². The van der Waals surface area contributed by atoms with Gasteiger partial charge >= 0.3 is 5.95 Å². The molecule has 0 amide bonds.